The van der Waals surface area contributed by atoms with Gasteiger partial charge >= 0.3 is 0 Å². The molecule has 1 aromatic rings. The summed E-state index contributed by atoms with van der Waals surface area (Å²) < 4.78 is 0. The third kappa shape index (κ3) is 3.70. The van der Waals surface area contributed by atoms with Gasteiger partial charge in [0.25, 0.3) is 0 Å². The number of carbonyl (C=O) groups excluding carboxylic acids is 1. The van der Waals surface area contributed by atoms with E-state index in [4.69, 9.17) is 0 Å². The second kappa shape index (κ2) is 6.19. The second-order valence-corrected chi connectivity index (χ2v) is 4.43. The van der Waals surface area contributed by atoms with E-state index in [1.54, 1.807) is 0 Å². The van der Waals surface area contributed by atoms with Crippen LogP contribution in [-0.2, 0) is 4.79 Å². The van der Waals surface area contributed by atoms with Gasteiger partial charge < -0.3 is 0 Å². The smallest absolute Gasteiger partial charge is 0.162 e. The lowest BCUT2D eigenvalue weighted by atomic mass is 9.98. The highest BCUT2D eigenvalue weighted by Crippen LogP contribution is 2.16. The van der Waals surface area contributed by atoms with E-state index in [0.29, 0.717) is 6.42 Å². The summed E-state index contributed by atoms with van der Waals surface area (Å²) in [4.78, 5) is 11.9. The zero-order chi connectivity index (χ0) is 11.9. The monoisotopic (exact) mass is 226 g/mol. The number of benzene rings is 1. The van der Waals surface area contributed by atoms with Crippen molar-refractivity contribution in [3.8, 4) is 0 Å². The van der Waals surface area contributed by atoms with Crippen LogP contribution in [0.15, 0.2) is 48.1 Å². The van der Waals surface area contributed by atoms with E-state index >= 15 is 0 Å². The van der Waals surface area contributed by atoms with Crippen molar-refractivity contribution in [2.24, 2.45) is 0 Å². The molecule has 0 unspecified atom stereocenters. The fraction of sp³-hybridized carbons (Fsp3) is 0.312. The van der Waals surface area contributed by atoms with Crippen LogP contribution in [0.2, 0.25) is 0 Å². The lowest BCUT2D eigenvalue weighted by Crippen LogP contribution is -2.02. The van der Waals surface area contributed by atoms with Crippen molar-refractivity contribution in [2.75, 3.05) is 0 Å². The summed E-state index contributed by atoms with van der Waals surface area (Å²) in [5.41, 5.74) is 2.02. The topological polar surface area (TPSA) is 17.1 Å². The molecule has 1 aromatic carbocycles. The van der Waals surface area contributed by atoms with Gasteiger partial charge in [0.1, 0.15) is 0 Å². The van der Waals surface area contributed by atoms with Gasteiger partial charge in [0.05, 0.1) is 0 Å². The molecule has 1 nitrogen and oxygen atoms in total. The Balaban J connectivity index is 2.10. The van der Waals surface area contributed by atoms with Gasteiger partial charge in [-0.25, -0.2) is 0 Å². The van der Waals surface area contributed by atoms with Gasteiger partial charge in [-0.1, -0.05) is 55.0 Å². The van der Waals surface area contributed by atoms with Crippen molar-refractivity contribution in [3.63, 3.8) is 0 Å². The maximum absolute atomic E-state index is 11.9. The Bertz CT molecular complexity index is 426. The Morgan fingerprint density at radius 2 is 1.76 bits per heavy atom. The molecular formula is C16H18O. The molecule has 0 amide bonds. The van der Waals surface area contributed by atoms with Crippen molar-refractivity contribution in [1.29, 1.82) is 0 Å². The molecule has 1 aliphatic rings. The fourth-order valence-electron chi connectivity index (χ4n) is 2.03. The number of hydrogen-bond acceptors (Lipinski definition) is 1. The third-order valence-corrected chi connectivity index (χ3v) is 3.05. The van der Waals surface area contributed by atoms with E-state index in [0.717, 1.165) is 24.0 Å². The molecule has 0 fully saturated rings. The molecular weight excluding hydrogens is 208 g/mol. The zero-order valence-electron chi connectivity index (χ0n) is 10.1. The average Bonchev–Trinajstić information content (AvgIpc) is 2.35. The summed E-state index contributed by atoms with van der Waals surface area (Å²) in [5, 5.41) is 0. The zero-order valence-corrected chi connectivity index (χ0v) is 10.1. The summed E-state index contributed by atoms with van der Waals surface area (Å²) in [7, 11) is 0. The molecule has 17 heavy (non-hydrogen) atoms. The van der Waals surface area contributed by atoms with Gasteiger partial charge in [-0.2, -0.15) is 0 Å². The first-order chi connectivity index (χ1) is 8.36. The highest BCUT2D eigenvalue weighted by atomic mass is 16.1. The van der Waals surface area contributed by atoms with Gasteiger partial charge in [0, 0.05) is 12.0 Å². The van der Waals surface area contributed by atoms with Gasteiger partial charge in [-0.05, 0) is 24.8 Å². The molecule has 0 radical (unpaired) electrons. The summed E-state index contributed by atoms with van der Waals surface area (Å²) in [6, 6.07) is 10.1. The van der Waals surface area contributed by atoms with Crippen LogP contribution >= 0.6 is 0 Å². The minimum atomic E-state index is 0.289. The summed E-state index contributed by atoms with van der Waals surface area (Å²) in [5.74, 6) is 0.289. The lowest BCUT2D eigenvalue weighted by Gasteiger charge is -2.06. The minimum absolute atomic E-state index is 0.289. The molecule has 1 aliphatic carbocycles. The Morgan fingerprint density at radius 1 is 0.941 bits per heavy atom. The molecule has 2 rings (SSSR count). The van der Waals surface area contributed by atoms with Crippen LogP contribution in [0.25, 0.3) is 6.08 Å². The van der Waals surface area contributed by atoms with Crippen LogP contribution in [0.4, 0.5) is 0 Å². The van der Waals surface area contributed by atoms with Crippen LogP contribution in [0.5, 0.6) is 0 Å². The van der Waals surface area contributed by atoms with Crippen molar-refractivity contribution < 1.29 is 4.79 Å². The van der Waals surface area contributed by atoms with E-state index in [1.165, 1.54) is 12.8 Å². The molecule has 1 heteroatoms. The van der Waals surface area contributed by atoms with Crippen molar-refractivity contribution in [1.82, 2.24) is 0 Å². The minimum Gasteiger partial charge on any atom is -0.294 e. The Hall–Kier alpha value is -1.63. The van der Waals surface area contributed by atoms with Crippen LogP contribution in [0, 0.1) is 0 Å². The number of rotatable bonds is 2. The maximum atomic E-state index is 11.9. The highest BCUT2D eigenvalue weighted by molar-refractivity contribution is 5.98. The molecule has 0 atom stereocenters. The average molecular weight is 226 g/mol. The van der Waals surface area contributed by atoms with E-state index in [9.17, 15) is 4.79 Å². The largest absolute Gasteiger partial charge is 0.294 e. The Labute approximate surface area is 103 Å². The van der Waals surface area contributed by atoms with E-state index in [1.807, 2.05) is 42.5 Å². The fourth-order valence-corrected chi connectivity index (χ4v) is 2.03. The molecule has 0 aromatic heterocycles. The second-order valence-electron chi connectivity index (χ2n) is 4.43. The molecule has 0 saturated carbocycles. The SMILES string of the molecule is O=C1CCCCC/C=C1/C=C/c1ccccc1. The quantitative estimate of drug-likeness (QED) is 0.740. The van der Waals surface area contributed by atoms with Gasteiger partial charge in [0.2, 0.25) is 0 Å². The first-order valence-corrected chi connectivity index (χ1v) is 6.33. The van der Waals surface area contributed by atoms with E-state index < -0.39 is 0 Å². The summed E-state index contributed by atoms with van der Waals surface area (Å²) in [6.45, 7) is 0. The van der Waals surface area contributed by atoms with Crippen LogP contribution in [-0.4, -0.2) is 5.78 Å². The number of hydrogen-bond donors (Lipinski definition) is 0. The molecule has 0 bridgehead atoms. The standard InChI is InChI=1S/C16H18O/c17-16-11-7-2-1-6-10-15(16)13-12-14-8-4-3-5-9-14/h3-5,8-10,12-13H,1-2,6-7,11H2/b13-12+,15-10-. The molecule has 0 saturated heterocycles. The Morgan fingerprint density at radius 3 is 2.59 bits per heavy atom. The number of ketones is 1. The molecule has 0 spiro atoms. The van der Waals surface area contributed by atoms with E-state index in [-0.39, 0.29) is 5.78 Å². The summed E-state index contributed by atoms with van der Waals surface area (Å²) >= 11 is 0. The van der Waals surface area contributed by atoms with Crippen molar-refractivity contribution in [2.45, 2.75) is 32.1 Å². The predicted octanol–water partition coefficient (Wildman–Crippen LogP) is 4.16. The first-order valence-electron chi connectivity index (χ1n) is 6.33. The predicted molar refractivity (Wildman–Crippen MR) is 71.7 cm³/mol. The highest BCUT2D eigenvalue weighted by Gasteiger charge is 2.08. The van der Waals surface area contributed by atoms with Gasteiger partial charge in [0.15, 0.2) is 5.78 Å². The van der Waals surface area contributed by atoms with Crippen LogP contribution < -0.4 is 0 Å². The third-order valence-electron chi connectivity index (χ3n) is 3.05. The van der Waals surface area contributed by atoms with Crippen molar-refractivity contribution in [3.05, 3.63) is 53.6 Å². The molecule has 0 heterocycles. The van der Waals surface area contributed by atoms with Crippen molar-refractivity contribution >= 4 is 11.9 Å². The van der Waals surface area contributed by atoms with E-state index in [2.05, 4.69) is 6.08 Å². The molecule has 0 aliphatic heterocycles. The number of Topliss-reactive ketones (excluding diaryl/α,β-unsaturated/α-hetero) is 1. The van der Waals surface area contributed by atoms with Crippen LogP contribution in [0.3, 0.4) is 0 Å². The normalized spacial score (nSPS) is 20.7. The van der Waals surface area contributed by atoms with Gasteiger partial charge in [-0.3, -0.25) is 4.79 Å². The number of allylic oxidation sites excluding steroid dienone is 3. The number of carbonyl (C=O) groups is 1. The first kappa shape index (κ1) is 11.8. The summed E-state index contributed by atoms with van der Waals surface area (Å²) in [6.07, 6.45) is 11.2. The molecule has 88 valence electrons. The Kier molecular flexibility index (Phi) is 4.31. The lowest BCUT2D eigenvalue weighted by molar-refractivity contribution is -0.115. The molecule has 0 N–H and O–H groups in total. The van der Waals surface area contributed by atoms with Gasteiger partial charge in [-0.15, -0.1) is 0 Å². The van der Waals surface area contributed by atoms with Crippen LogP contribution in [0.1, 0.15) is 37.7 Å². The maximum Gasteiger partial charge on any atom is 0.162 e.